The van der Waals surface area contributed by atoms with Crippen LogP contribution in [0.1, 0.15) is 57.2 Å². The van der Waals surface area contributed by atoms with E-state index in [1.807, 2.05) is 0 Å². The number of fused-ring (bicyclic) bond motifs is 1. The topological polar surface area (TPSA) is 50.1 Å². The van der Waals surface area contributed by atoms with Crippen LogP contribution in [0.2, 0.25) is 0 Å². The molecule has 0 aromatic heterocycles. The van der Waals surface area contributed by atoms with Gasteiger partial charge in [-0.3, -0.25) is 5.43 Å². The third-order valence-corrected chi connectivity index (χ3v) is 4.93. The Morgan fingerprint density at radius 1 is 1.05 bits per heavy atom. The minimum Gasteiger partial charge on any atom is -0.328 e. The number of nitrogens with one attached hydrogen (secondary N) is 2. The van der Waals surface area contributed by atoms with Crippen LogP contribution in [0.25, 0.3) is 0 Å². The molecule has 1 aliphatic heterocycles. The number of hydrazine groups is 1. The number of nitrogens with two attached hydrogens (primary N) is 1. The largest absolute Gasteiger partial charge is 0.328 e. The first kappa shape index (κ1) is 14.1. The summed E-state index contributed by atoms with van der Waals surface area (Å²) in [5.41, 5.74) is 16.0. The molecule has 2 aliphatic rings. The molecule has 3 rings (SSSR count). The Balaban J connectivity index is 1.77. The van der Waals surface area contributed by atoms with Crippen LogP contribution < -0.4 is 16.6 Å². The second kappa shape index (κ2) is 5.14. The lowest BCUT2D eigenvalue weighted by atomic mass is 9.77. The zero-order chi connectivity index (χ0) is 14.3. The SMILES string of the molecule is CC(C)(C)c1ccc(C2NNC3CC(N)CCC32)cc1. The van der Waals surface area contributed by atoms with Gasteiger partial charge in [0.05, 0.1) is 6.04 Å². The average molecular weight is 273 g/mol. The molecular formula is C17H27N3. The first-order valence-electron chi connectivity index (χ1n) is 7.82. The van der Waals surface area contributed by atoms with E-state index >= 15 is 0 Å². The molecule has 0 spiro atoms. The molecule has 0 bridgehead atoms. The molecule has 1 saturated carbocycles. The molecule has 0 radical (unpaired) electrons. The fourth-order valence-electron chi connectivity index (χ4n) is 3.62. The number of benzene rings is 1. The molecule has 3 heteroatoms. The molecule has 4 N–H and O–H groups in total. The minimum absolute atomic E-state index is 0.222. The Hall–Kier alpha value is -0.900. The van der Waals surface area contributed by atoms with Crippen molar-refractivity contribution in [1.82, 2.24) is 10.9 Å². The summed E-state index contributed by atoms with van der Waals surface area (Å²) in [4.78, 5) is 0. The van der Waals surface area contributed by atoms with Crippen molar-refractivity contribution in [2.75, 3.05) is 0 Å². The molecule has 2 fully saturated rings. The van der Waals surface area contributed by atoms with Gasteiger partial charge < -0.3 is 5.73 Å². The van der Waals surface area contributed by atoms with Crippen molar-refractivity contribution >= 4 is 0 Å². The van der Waals surface area contributed by atoms with E-state index in [-0.39, 0.29) is 5.41 Å². The molecule has 20 heavy (non-hydrogen) atoms. The third-order valence-electron chi connectivity index (χ3n) is 4.93. The number of hydrogen-bond acceptors (Lipinski definition) is 3. The van der Waals surface area contributed by atoms with Crippen molar-refractivity contribution in [2.45, 2.75) is 63.6 Å². The van der Waals surface area contributed by atoms with Crippen LogP contribution in [0.5, 0.6) is 0 Å². The zero-order valence-electron chi connectivity index (χ0n) is 12.8. The predicted molar refractivity (Wildman–Crippen MR) is 83.3 cm³/mol. The Labute approximate surface area is 122 Å². The third kappa shape index (κ3) is 2.62. The van der Waals surface area contributed by atoms with Crippen molar-refractivity contribution < 1.29 is 0 Å². The lowest BCUT2D eigenvalue weighted by molar-refractivity contribution is 0.281. The lowest BCUT2D eigenvalue weighted by Gasteiger charge is -2.31. The van der Waals surface area contributed by atoms with Crippen LogP contribution in [0.4, 0.5) is 0 Å². The van der Waals surface area contributed by atoms with Crippen LogP contribution in [-0.4, -0.2) is 12.1 Å². The molecule has 3 nitrogen and oxygen atoms in total. The fraction of sp³-hybridized carbons (Fsp3) is 0.647. The van der Waals surface area contributed by atoms with Crippen molar-refractivity contribution in [2.24, 2.45) is 11.7 Å². The zero-order valence-corrected chi connectivity index (χ0v) is 12.8. The maximum absolute atomic E-state index is 6.07. The second-order valence-corrected chi connectivity index (χ2v) is 7.48. The van der Waals surface area contributed by atoms with Gasteiger partial charge in [0, 0.05) is 12.1 Å². The van der Waals surface area contributed by atoms with Crippen molar-refractivity contribution in [1.29, 1.82) is 0 Å². The number of hydrogen-bond donors (Lipinski definition) is 3. The van der Waals surface area contributed by atoms with Crippen LogP contribution in [0, 0.1) is 5.92 Å². The van der Waals surface area contributed by atoms with E-state index < -0.39 is 0 Å². The highest BCUT2D eigenvalue weighted by Crippen LogP contribution is 2.38. The molecular weight excluding hydrogens is 246 g/mol. The van der Waals surface area contributed by atoms with Gasteiger partial charge in [-0.25, -0.2) is 5.43 Å². The van der Waals surface area contributed by atoms with Gasteiger partial charge in [0.15, 0.2) is 0 Å². The van der Waals surface area contributed by atoms with Crippen molar-refractivity contribution in [3.8, 4) is 0 Å². The molecule has 1 aromatic rings. The van der Waals surface area contributed by atoms with Gasteiger partial charge in [-0.1, -0.05) is 45.0 Å². The Morgan fingerprint density at radius 3 is 2.40 bits per heavy atom. The van der Waals surface area contributed by atoms with Gasteiger partial charge in [-0.2, -0.15) is 0 Å². The van der Waals surface area contributed by atoms with Gasteiger partial charge in [0.1, 0.15) is 0 Å². The Bertz CT molecular complexity index is 460. The van der Waals surface area contributed by atoms with E-state index in [0.717, 1.165) is 12.8 Å². The van der Waals surface area contributed by atoms with E-state index in [0.29, 0.717) is 24.0 Å². The van der Waals surface area contributed by atoms with E-state index in [4.69, 9.17) is 5.73 Å². The monoisotopic (exact) mass is 273 g/mol. The summed E-state index contributed by atoms with van der Waals surface area (Å²) in [5.74, 6) is 0.676. The second-order valence-electron chi connectivity index (χ2n) is 7.48. The molecule has 1 saturated heterocycles. The summed E-state index contributed by atoms with van der Waals surface area (Å²) in [7, 11) is 0. The van der Waals surface area contributed by atoms with Crippen LogP contribution in [0.3, 0.4) is 0 Å². The lowest BCUT2D eigenvalue weighted by Crippen LogP contribution is -2.41. The Kier molecular flexibility index (Phi) is 3.61. The van der Waals surface area contributed by atoms with E-state index in [1.54, 1.807) is 0 Å². The van der Waals surface area contributed by atoms with Gasteiger partial charge in [-0.05, 0) is 41.7 Å². The molecule has 1 heterocycles. The predicted octanol–water partition coefficient (Wildman–Crippen LogP) is 2.63. The quantitative estimate of drug-likeness (QED) is 0.737. The van der Waals surface area contributed by atoms with E-state index in [9.17, 15) is 0 Å². The van der Waals surface area contributed by atoms with Gasteiger partial charge >= 0.3 is 0 Å². The molecule has 0 amide bonds. The molecule has 1 aromatic carbocycles. The smallest absolute Gasteiger partial charge is 0.0506 e. The maximum Gasteiger partial charge on any atom is 0.0506 e. The maximum atomic E-state index is 6.07. The molecule has 110 valence electrons. The normalized spacial score (nSPS) is 34.0. The summed E-state index contributed by atoms with van der Waals surface area (Å²) in [6.45, 7) is 6.78. The fourth-order valence-corrected chi connectivity index (χ4v) is 3.62. The average Bonchev–Trinajstić information content (AvgIpc) is 2.80. The highest BCUT2D eigenvalue weighted by atomic mass is 15.4. The summed E-state index contributed by atoms with van der Waals surface area (Å²) < 4.78 is 0. The highest BCUT2D eigenvalue weighted by Gasteiger charge is 2.39. The first-order chi connectivity index (χ1) is 9.45. The number of rotatable bonds is 1. The van der Waals surface area contributed by atoms with Gasteiger partial charge in [-0.15, -0.1) is 0 Å². The highest BCUT2D eigenvalue weighted by molar-refractivity contribution is 5.30. The van der Waals surface area contributed by atoms with E-state index in [1.165, 1.54) is 17.5 Å². The molecule has 4 atom stereocenters. The standard InChI is InChI=1S/C17H27N3/c1-17(2,3)12-6-4-11(5-7-12)16-14-9-8-13(18)10-15(14)19-20-16/h4-7,13-16,19-20H,8-10,18H2,1-3H3. The molecule has 4 unspecified atom stereocenters. The summed E-state index contributed by atoms with van der Waals surface area (Å²) in [6, 6.07) is 10.5. The summed E-state index contributed by atoms with van der Waals surface area (Å²) in [5, 5.41) is 0. The summed E-state index contributed by atoms with van der Waals surface area (Å²) >= 11 is 0. The first-order valence-corrected chi connectivity index (χ1v) is 7.82. The summed E-state index contributed by atoms with van der Waals surface area (Å²) in [6.07, 6.45) is 3.47. The van der Waals surface area contributed by atoms with E-state index in [2.05, 4.69) is 55.9 Å². The Morgan fingerprint density at radius 2 is 1.75 bits per heavy atom. The van der Waals surface area contributed by atoms with Gasteiger partial charge in [0.2, 0.25) is 0 Å². The van der Waals surface area contributed by atoms with Crippen molar-refractivity contribution in [3.05, 3.63) is 35.4 Å². The van der Waals surface area contributed by atoms with Crippen LogP contribution in [0.15, 0.2) is 24.3 Å². The van der Waals surface area contributed by atoms with Crippen molar-refractivity contribution in [3.63, 3.8) is 0 Å². The molecule has 1 aliphatic carbocycles. The van der Waals surface area contributed by atoms with Crippen LogP contribution >= 0.6 is 0 Å². The van der Waals surface area contributed by atoms with Crippen LogP contribution in [-0.2, 0) is 5.41 Å². The minimum atomic E-state index is 0.222. The van der Waals surface area contributed by atoms with Gasteiger partial charge in [0.25, 0.3) is 0 Å².